The first-order chi connectivity index (χ1) is 10.5. The predicted octanol–water partition coefficient (Wildman–Crippen LogP) is 5.81. The van der Waals surface area contributed by atoms with Gasteiger partial charge in [0.25, 0.3) is 0 Å². The van der Waals surface area contributed by atoms with Crippen LogP contribution in [0.2, 0.25) is 0 Å². The zero-order valence-electron chi connectivity index (χ0n) is 15.4. The van der Waals surface area contributed by atoms with Crippen molar-refractivity contribution < 1.29 is 5.11 Å². The van der Waals surface area contributed by atoms with E-state index in [2.05, 4.69) is 13.8 Å². The molecule has 0 aliphatic heterocycles. The summed E-state index contributed by atoms with van der Waals surface area (Å²) in [5, 5.41) is 11.0. The zero-order valence-corrected chi connectivity index (χ0v) is 15.4. The molecule has 4 saturated carbocycles. The van der Waals surface area contributed by atoms with E-state index < -0.39 is 0 Å². The van der Waals surface area contributed by atoms with Crippen molar-refractivity contribution in [2.24, 2.45) is 34.5 Å². The summed E-state index contributed by atoms with van der Waals surface area (Å²) in [5.41, 5.74) is 0.933. The molecule has 22 heavy (non-hydrogen) atoms. The Labute approximate surface area is 138 Å². The normalized spacial score (nSPS) is 53.6. The average Bonchev–Trinajstić information content (AvgIpc) is 2.89. The molecule has 1 N–H and O–H groups in total. The lowest BCUT2D eigenvalue weighted by Gasteiger charge is -2.61. The molecule has 0 radical (unpaired) electrons. The fourth-order valence-corrected chi connectivity index (χ4v) is 7.43. The van der Waals surface area contributed by atoms with E-state index in [-0.39, 0.29) is 6.10 Å². The SMILES string of the molecule is CC.CC12CCCC1C1CCC3CCCCC3(C)C1C(O)C2. The molecule has 128 valence electrons. The summed E-state index contributed by atoms with van der Waals surface area (Å²) in [7, 11) is 0. The maximum absolute atomic E-state index is 11.0. The van der Waals surface area contributed by atoms with Gasteiger partial charge in [-0.2, -0.15) is 0 Å². The highest BCUT2D eigenvalue weighted by molar-refractivity contribution is 5.09. The Kier molecular flexibility index (Phi) is 4.67. The third-order valence-electron chi connectivity index (χ3n) is 8.29. The third kappa shape index (κ3) is 2.38. The molecule has 4 aliphatic rings. The van der Waals surface area contributed by atoms with Crippen molar-refractivity contribution in [2.45, 2.75) is 98.0 Å². The molecule has 4 rings (SSSR count). The molecule has 0 heterocycles. The first-order valence-electron chi connectivity index (χ1n) is 10.2. The second-order valence-corrected chi connectivity index (χ2v) is 9.14. The van der Waals surface area contributed by atoms with Crippen LogP contribution in [0.3, 0.4) is 0 Å². The Morgan fingerprint density at radius 3 is 2.41 bits per heavy atom. The minimum absolute atomic E-state index is 0.00903. The first kappa shape index (κ1) is 16.8. The van der Waals surface area contributed by atoms with Crippen LogP contribution in [0.4, 0.5) is 0 Å². The van der Waals surface area contributed by atoms with E-state index >= 15 is 0 Å². The molecule has 4 fully saturated rings. The van der Waals surface area contributed by atoms with Crippen LogP contribution < -0.4 is 0 Å². The molecule has 0 aromatic carbocycles. The number of aliphatic hydroxyl groups is 1. The van der Waals surface area contributed by atoms with Gasteiger partial charge < -0.3 is 5.11 Å². The highest BCUT2D eigenvalue weighted by atomic mass is 16.3. The lowest BCUT2D eigenvalue weighted by Crippen LogP contribution is -2.57. The van der Waals surface area contributed by atoms with Crippen LogP contribution in [-0.2, 0) is 0 Å². The summed E-state index contributed by atoms with van der Waals surface area (Å²) >= 11 is 0. The number of fused-ring (bicyclic) bond motifs is 5. The minimum atomic E-state index is -0.00903. The third-order valence-corrected chi connectivity index (χ3v) is 8.29. The van der Waals surface area contributed by atoms with Crippen molar-refractivity contribution >= 4 is 0 Å². The summed E-state index contributed by atoms with van der Waals surface area (Å²) in [6.07, 6.45) is 13.9. The van der Waals surface area contributed by atoms with Gasteiger partial charge in [-0.05, 0) is 79.4 Å². The van der Waals surface area contributed by atoms with Gasteiger partial charge >= 0.3 is 0 Å². The predicted molar refractivity (Wildman–Crippen MR) is 93.7 cm³/mol. The van der Waals surface area contributed by atoms with Gasteiger partial charge in [0.15, 0.2) is 0 Å². The molecular weight excluding hydrogens is 268 g/mol. The largest absolute Gasteiger partial charge is 0.393 e. The highest BCUT2D eigenvalue weighted by Crippen LogP contribution is 2.66. The van der Waals surface area contributed by atoms with E-state index in [0.29, 0.717) is 16.7 Å². The molecule has 1 heteroatoms. The van der Waals surface area contributed by atoms with E-state index in [1.807, 2.05) is 13.8 Å². The molecule has 0 spiro atoms. The molecule has 7 atom stereocenters. The van der Waals surface area contributed by atoms with Gasteiger partial charge in [0.05, 0.1) is 6.10 Å². The van der Waals surface area contributed by atoms with Crippen LogP contribution in [-0.4, -0.2) is 11.2 Å². The van der Waals surface area contributed by atoms with Gasteiger partial charge in [-0.1, -0.05) is 47.0 Å². The van der Waals surface area contributed by atoms with Crippen molar-refractivity contribution in [1.29, 1.82) is 0 Å². The van der Waals surface area contributed by atoms with Gasteiger partial charge in [0, 0.05) is 0 Å². The van der Waals surface area contributed by atoms with Crippen LogP contribution >= 0.6 is 0 Å². The summed E-state index contributed by atoms with van der Waals surface area (Å²) in [5.74, 6) is 3.30. The number of hydrogen-bond donors (Lipinski definition) is 1. The van der Waals surface area contributed by atoms with Crippen molar-refractivity contribution in [3.63, 3.8) is 0 Å². The summed E-state index contributed by atoms with van der Waals surface area (Å²) < 4.78 is 0. The monoisotopic (exact) mass is 306 g/mol. The van der Waals surface area contributed by atoms with Gasteiger partial charge in [0.1, 0.15) is 0 Å². The summed E-state index contributed by atoms with van der Waals surface area (Å²) in [6, 6.07) is 0. The minimum Gasteiger partial charge on any atom is -0.393 e. The number of rotatable bonds is 0. The lowest BCUT2D eigenvalue weighted by atomic mass is 9.44. The highest BCUT2D eigenvalue weighted by Gasteiger charge is 2.60. The molecule has 0 aromatic rings. The second-order valence-electron chi connectivity index (χ2n) is 9.14. The van der Waals surface area contributed by atoms with Crippen molar-refractivity contribution in [3.05, 3.63) is 0 Å². The average molecular weight is 307 g/mol. The van der Waals surface area contributed by atoms with Gasteiger partial charge in [-0.25, -0.2) is 0 Å². The fourth-order valence-electron chi connectivity index (χ4n) is 7.43. The van der Waals surface area contributed by atoms with Gasteiger partial charge in [-0.3, -0.25) is 0 Å². The maximum atomic E-state index is 11.0. The van der Waals surface area contributed by atoms with E-state index in [1.165, 1.54) is 57.8 Å². The number of aliphatic hydroxyl groups excluding tert-OH is 1. The van der Waals surface area contributed by atoms with E-state index in [0.717, 1.165) is 24.2 Å². The molecule has 0 saturated heterocycles. The Balaban J connectivity index is 0.000000693. The van der Waals surface area contributed by atoms with Crippen LogP contribution in [0.1, 0.15) is 91.9 Å². The molecule has 7 unspecified atom stereocenters. The molecule has 4 aliphatic carbocycles. The zero-order chi connectivity index (χ0) is 16.0. The first-order valence-corrected chi connectivity index (χ1v) is 10.2. The van der Waals surface area contributed by atoms with Crippen LogP contribution in [0, 0.1) is 34.5 Å². The molecule has 0 aromatic heterocycles. The Morgan fingerprint density at radius 1 is 0.864 bits per heavy atom. The molecule has 1 nitrogen and oxygen atoms in total. The Morgan fingerprint density at radius 2 is 1.64 bits per heavy atom. The van der Waals surface area contributed by atoms with Crippen molar-refractivity contribution in [3.8, 4) is 0 Å². The van der Waals surface area contributed by atoms with Crippen LogP contribution in [0.25, 0.3) is 0 Å². The molecule has 0 bridgehead atoms. The Hall–Kier alpha value is -0.0400. The second kappa shape index (κ2) is 6.11. The maximum Gasteiger partial charge on any atom is 0.0581 e. The van der Waals surface area contributed by atoms with Gasteiger partial charge in [-0.15, -0.1) is 0 Å². The number of hydrogen-bond acceptors (Lipinski definition) is 1. The van der Waals surface area contributed by atoms with Crippen LogP contribution in [0.5, 0.6) is 0 Å². The topological polar surface area (TPSA) is 20.2 Å². The van der Waals surface area contributed by atoms with E-state index in [9.17, 15) is 5.11 Å². The molecular formula is C21H38O. The summed E-state index contributed by atoms with van der Waals surface area (Å²) in [4.78, 5) is 0. The fraction of sp³-hybridized carbons (Fsp3) is 1.00. The summed E-state index contributed by atoms with van der Waals surface area (Å²) in [6.45, 7) is 9.04. The smallest absolute Gasteiger partial charge is 0.0581 e. The van der Waals surface area contributed by atoms with E-state index in [4.69, 9.17) is 0 Å². The quantitative estimate of drug-likeness (QED) is 0.599. The van der Waals surface area contributed by atoms with Crippen LogP contribution in [0.15, 0.2) is 0 Å². The van der Waals surface area contributed by atoms with E-state index in [1.54, 1.807) is 0 Å². The standard InChI is InChI=1S/C19H32O.C2H6/c1-18-10-5-7-15(18)14-9-8-13-6-3-4-11-19(13,2)17(14)16(20)12-18;1-2/h13-17,20H,3-12H2,1-2H3;1-2H3. The van der Waals surface area contributed by atoms with Crippen molar-refractivity contribution in [1.82, 2.24) is 0 Å². The lowest BCUT2D eigenvalue weighted by molar-refractivity contribution is -0.162. The van der Waals surface area contributed by atoms with Gasteiger partial charge in [0.2, 0.25) is 0 Å². The molecule has 0 amide bonds. The Bertz CT molecular complexity index is 391. The van der Waals surface area contributed by atoms with Crippen molar-refractivity contribution in [2.75, 3.05) is 0 Å².